The van der Waals surface area contributed by atoms with Gasteiger partial charge in [0.15, 0.2) is 5.69 Å². The molecule has 0 saturated heterocycles. The minimum Gasteiger partial charge on any atom is -0.267 e. The summed E-state index contributed by atoms with van der Waals surface area (Å²) in [5.74, 6) is -1.10. The standard InChI is InChI=1S/C20H19ClN4O3/c1-2-3-12-25-20(28)16-7-5-4-6-15(16)17(24-25)19(27)23-22-18(26)13-8-10-14(21)11-9-13/h4-11H,2-3,12H2,1H3,(H,22,26)(H,23,27). The van der Waals surface area contributed by atoms with Crippen molar-refractivity contribution in [2.24, 2.45) is 0 Å². The highest BCUT2D eigenvalue weighted by molar-refractivity contribution is 6.30. The highest BCUT2D eigenvalue weighted by atomic mass is 35.5. The lowest BCUT2D eigenvalue weighted by atomic mass is 10.1. The van der Waals surface area contributed by atoms with Crippen LogP contribution >= 0.6 is 11.6 Å². The predicted octanol–water partition coefficient (Wildman–Crippen LogP) is 2.92. The van der Waals surface area contributed by atoms with Gasteiger partial charge in [0.2, 0.25) is 0 Å². The summed E-state index contributed by atoms with van der Waals surface area (Å²) in [6.07, 6.45) is 1.65. The fourth-order valence-electron chi connectivity index (χ4n) is 2.71. The van der Waals surface area contributed by atoms with Crippen LogP contribution in [0.3, 0.4) is 0 Å². The van der Waals surface area contributed by atoms with Crippen LogP contribution in [0.25, 0.3) is 10.8 Å². The Morgan fingerprint density at radius 3 is 2.32 bits per heavy atom. The summed E-state index contributed by atoms with van der Waals surface area (Å²) in [5.41, 5.74) is 4.88. The molecule has 144 valence electrons. The predicted molar refractivity (Wildman–Crippen MR) is 107 cm³/mol. The largest absolute Gasteiger partial charge is 0.290 e. The number of rotatable bonds is 5. The molecule has 28 heavy (non-hydrogen) atoms. The maximum Gasteiger partial charge on any atom is 0.290 e. The number of unbranched alkanes of at least 4 members (excludes halogenated alkanes) is 1. The second kappa shape index (κ2) is 8.67. The van der Waals surface area contributed by atoms with Gasteiger partial charge >= 0.3 is 0 Å². The molecule has 7 nitrogen and oxygen atoms in total. The van der Waals surface area contributed by atoms with Gasteiger partial charge in [-0.05, 0) is 36.8 Å². The second-order valence-electron chi connectivity index (χ2n) is 6.19. The van der Waals surface area contributed by atoms with E-state index >= 15 is 0 Å². The number of nitrogens with one attached hydrogen (secondary N) is 2. The zero-order chi connectivity index (χ0) is 20.1. The molecular weight excluding hydrogens is 380 g/mol. The summed E-state index contributed by atoms with van der Waals surface area (Å²) in [5, 5.41) is 5.56. The summed E-state index contributed by atoms with van der Waals surface area (Å²) in [6, 6.07) is 13.0. The number of nitrogens with zero attached hydrogens (tertiary/aromatic N) is 2. The first-order chi connectivity index (χ1) is 13.5. The molecule has 0 aliphatic carbocycles. The lowest BCUT2D eigenvalue weighted by Gasteiger charge is -2.11. The third kappa shape index (κ3) is 4.20. The van der Waals surface area contributed by atoms with Crippen LogP contribution in [0, 0.1) is 0 Å². The average Bonchev–Trinajstić information content (AvgIpc) is 2.72. The Bertz CT molecular complexity index is 1080. The topological polar surface area (TPSA) is 93.1 Å². The first-order valence-electron chi connectivity index (χ1n) is 8.87. The fraction of sp³-hybridized carbons (Fsp3) is 0.200. The highest BCUT2D eigenvalue weighted by Gasteiger charge is 2.17. The zero-order valence-corrected chi connectivity index (χ0v) is 16.0. The van der Waals surface area contributed by atoms with Crippen molar-refractivity contribution in [2.75, 3.05) is 0 Å². The minimum atomic E-state index is -0.608. The quantitative estimate of drug-likeness (QED) is 0.646. The van der Waals surface area contributed by atoms with Crippen LogP contribution in [0.4, 0.5) is 0 Å². The lowest BCUT2D eigenvalue weighted by molar-refractivity contribution is 0.0843. The molecule has 0 spiro atoms. The van der Waals surface area contributed by atoms with Crippen LogP contribution in [0.2, 0.25) is 5.02 Å². The monoisotopic (exact) mass is 398 g/mol. The van der Waals surface area contributed by atoms with Crippen molar-refractivity contribution in [2.45, 2.75) is 26.3 Å². The Kier molecular flexibility index (Phi) is 6.06. The Labute approximate surface area is 166 Å². The molecule has 0 fully saturated rings. The summed E-state index contributed by atoms with van der Waals surface area (Å²) >= 11 is 5.81. The van der Waals surface area contributed by atoms with Crippen molar-refractivity contribution in [1.82, 2.24) is 20.6 Å². The molecule has 3 rings (SSSR count). The van der Waals surface area contributed by atoms with Gasteiger partial charge in [-0.25, -0.2) is 4.68 Å². The first-order valence-corrected chi connectivity index (χ1v) is 9.25. The summed E-state index contributed by atoms with van der Waals surface area (Å²) in [7, 11) is 0. The van der Waals surface area contributed by atoms with E-state index in [4.69, 9.17) is 11.6 Å². The Morgan fingerprint density at radius 2 is 1.64 bits per heavy atom. The van der Waals surface area contributed by atoms with E-state index in [1.54, 1.807) is 48.5 Å². The van der Waals surface area contributed by atoms with Crippen LogP contribution in [0.15, 0.2) is 53.3 Å². The van der Waals surface area contributed by atoms with Gasteiger partial charge in [-0.1, -0.05) is 43.1 Å². The molecule has 0 radical (unpaired) electrons. The smallest absolute Gasteiger partial charge is 0.267 e. The minimum absolute atomic E-state index is 0.0720. The molecule has 0 unspecified atom stereocenters. The Morgan fingerprint density at radius 1 is 1.00 bits per heavy atom. The maximum absolute atomic E-state index is 12.7. The van der Waals surface area contributed by atoms with E-state index in [9.17, 15) is 14.4 Å². The van der Waals surface area contributed by atoms with Crippen molar-refractivity contribution < 1.29 is 9.59 Å². The van der Waals surface area contributed by atoms with E-state index in [1.165, 1.54) is 4.68 Å². The van der Waals surface area contributed by atoms with E-state index in [0.29, 0.717) is 27.9 Å². The molecule has 3 aromatic rings. The van der Waals surface area contributed by atoms with Crippen LogP contribution < -0.4 is 16.4 Å². The Balaban J connectivity index is 1.86. The van der Waals surface area contributed by atoms with Gasteiger partial charge in [0.05, 0.1) is 5.39 Å². The number of hydrogen-bond donors (Lipinski definition) is 2. The highest BCUT2D eigenvalue weighted by Crippen LogP contribution is 2.13. The van der Waals surface area contributed by atoms with Crippen molar-refractivity contribution in [1.29, 1.82) is 0 Å². The number of carbonyl (C=O) groups excluding carboxylic acids is 2. The van der Waals surface area contributed by atoms with Gasteiger partial charge in [-0.3, -0.25) is 25.2 Å². The average molecular weight is 399 g/mol. The van der Waals surface area contributed by atoms with E-state index < -0.39 is 11.8 Å². The van der Waals surface area contributed by atoms with Gasteiger partial charge in [-0.2, -0.15) is 5.10 Å². The number of benzene rings is 2. The summed E-state index contributed by atoms with van der Waals surface area (Å²) < 4.78 is 1.29. The van der Waals surface area contributed by atoms with Gasteiger partial charge < -0.3 is 0 Å². The van der Waals surface area contributed by atoms with E-state index in [0.717, 1.165) is 12.8 Å². The molecule has 2 aromatic carbocycles. The van der Waals surface area contributed by atoms with Crippen LogP contribution in [-0.2, 0) is 6.54 Å². The van der Waals surface area contributed by atoms with Crippen molar-refractivity contribution >= 4 is 34.2 Å². The molecule has 1 heterocycles. The lowest BCUT2D eigenvalue weighted by Crippen LogP contribution is -2.42. The third-order valence-corrected chi connectivity index (χ3v) is 4.45. The summed E-state index contributed by atoms with van der Waals surface area (Å²) in [4.78, 5) is 37.4. The number of carbonyl (C=O) groups is 2. The van der Waals surface area contributed by atoms with Crippen molar-refractivity contribution in [3.05, 3.63) is 75.2 Å². The number of fused-ring (bicyclic) bond motifs is 1. The first kappa shape index (κ1) is 19.6. The fourth-order valence-corrected chi connectivity index (χ4v) is 2.83. The van der Waals surface area contributed by atoms with Gasteiger partial charge in [0.25, 0.3) is 17.4 Å². The number of aryl methyl sites for hydroxylation is 1. The molecule has 2 amide bonds. The van der Waals surface area contributed by atoms with Crippen LogP contribution in [-0.4, -0.2) is 21.6 Å². The maximum atomic E-state index is 12.7. The van der Waals surface area contributed by atoms with Gasteiger partial charge in [0, 0.05) is 22.5 Å². The molecular formula is C20H19ClN4O3. The summed E-state index contributed by atoms with van der Waals surface area (Å²) in [6.45, 7) is 2.42. The zero-order valence-electron chi connectivity index (χ0n) is 15.2. The number of aromatic nitrogens is 2. The SMILES string of the molecule is CCCCn1nc(C(=O)NNC(=O)c2ccc(Cl)cc2)c2ccccc2c1=O. The number of amides is 2. The number of hydrazine groups is 1. The van der Waals surface area contributed by atoms with E-state index in [-0.39, 0.29) is 11.3 Å². The van der Waals surface area contributed by atoms with Crippen molar-refractivity contribution in [3.63, 3.8) is 0 Å². The Hall–Kier alpha value is -3.19. The molecule has 8 heteroatoms. The van der Waals surface area contributed by atoms with E-state index in [2.05, 4.69) is 16.0 Å². The molecule has 0 aliphatic rings. The third-order valence-electron chi connectivity index (χ3n) is 4.20. The van der Waals surface area contributed by atoms with Crippen molar-refractivity contribution in [3.8, 4) is 0 Å². The number of halogens is 1. The van der Waals surface area contributed by atoms with Crippen LogP contribution in [0.1, 0.15) is 40.6 Å². The molecule has 0 saturated carbocycles. The second-order valence-corrected chi connectivity index (χ2v) is 6.63. The van der Waals surface area contributed by atoms with Gasteiger partial charge in [-0.15, -0.1) is 0 Å². The molecule has 2 N–H and O–H groups in total. The van der Waals surface area contributed by atoms with Crippen LogP contribution in [0.5, 0.6) is 0 Å². The molecule has 0 bridgehead atoms. The van der Waals surface area contributed by atoms with Gasteiger partial charge in [0.1, 0.15) is 0 Å². The molecule has 0 aliphatic heterocycles. The molecule has 0 atom stereocenters. The normalized spacial score (nSPS) is 10.6. The number of hydrogen-bond acceptors (Lipinski definition) is 4. The van der Waals surface area contributed by atoms with E-state index in [1.807, 2.05) is 6.92 Å². The molecule has 1 aromatic heterocycles.